The second kappa shape index (κ2) is 3.65. The van der Waals surface area contributed by atoms with E-state index in [1.165, 1.54) is 0 Å². The van der Waals surface area contributed by atoms with Gasteiger partial charge < -0.3 is 4.57 Å². The van der Waals surface area contributed by atoms with E-state index in [1.807, 2.05) is 17.6 Å². The van der Waals surface area contributed by atoms with E-state index in [0.717, 1.165) is 16.6 Å². The molecule has 2 aromatic rings. The van der Waals surface area contributed by atoms with Crippen molar-refractivity contribution in [2.75, 3.05) is 0 Å². The zero-order valence-electron chi connectivity index (χ0n) is 9.29. The van der Waals surface area contributed by atoms with Crippen molar-refractivity contribution in [1.29, 1.82) is 0 Å². The lowest BCUT2D eigenvalue weighted by atomic mass is 10.1. The summed E-state index contributed by atoms with van der Waals surface area (Å²) in [5.74, 6) is -0.132. The van der Waals surface area contributed by atoms with E-state index >= 15 is 0 Å². The molecular formula is C12H15FN2. The van der Waals surface area contributed by atoms with E-state index in [-0.39, 0.29) is 5.82 Å². The van der Waals surface area contributed by atoms with E-state index in [2.05, 4.69) is 18.8 Å². The predicted octanol–water partition coefficient (Wildman–Crippen LogP) is 3.32. The zero-order valence-corrected chi connectivity index (χ0v) is 9.29. The van der Waals surface area contributed by atoms with Crippen molar-refractivity contribution < 1.29 is 4.39 Å². The summed E-state index contributed by atoms with van der Waals surface area (Å²) in [6.07, 6.45) is 2.48. The van der Waals surface area contributed by atoms with Crippen molar-refractivity contribution >= 4 is 11.0 Å². The van der Waals surface area contributed by atoms with Gasteiger partial charge in [-0.1, -0.05) is 6.92 Å². The van der Waals surface area contributed by atoms with Crippen LogP contribution in [0.3, 0.4) is 0 Å². The van der Waals surface area contributed by atoms with Crippen LogP contribution >= 0.6 is 0 Å². The Bertz CT molecular complexity index is 486. The first-order valence-electron chi connectivity index (χ1n) is 5.28. The molecule has 1 aromatic carbocycles. The second-order valence-electron chi connectivity index (χ2n) is 4.03. The van der Waals surface area contributed by atoms with Gasteiger partial charge in [-0.25, -0.2) is 9.37 Å². The fourth-order valence-electron chi connectivity index (χ4n) is 1.77. The Morgan fingerprint density at radius 1 is 1.40 bits per heavy atom. The van der Waals surface area contributed by atoms with Crippen molar-refractivity contribution in [3.63, 3.8) is 0 Å². The third-order valence-corrected chi connectivity index (χ3v) is 2.68. The maximum absolute atomic E-state index is 13.6. The lowest BCUT2D eigenvalue weighted by molar-refractivity contribution is 0.602. The molecule has 0 N–H and O–H groups in total. The second-order valence-corrected chi connectivity index (χ2v) is 4.03. The molecule has 0 saturated carbocycles. The Hall–Kier alpha value is -1.38. The Morgan fingerprint density at radius 3 is 2.73 bits per heavy atom. The topological polar surface area (TPSA) is 17.8 Å². The molecule has 0 fully saturated rings. The van der Waals surface area contributed by atoms with Gasteiger partial charge in [-0.05, 0) is 31.9 Å². The van der Waals surface area contributed by atoms with Gasteiger partial charge in [0, 0.05) is 12.1 Å². The molecular weight excluding hydrogens is 191 g/mol. The van der Waals surface area contributed by atoms with Crippen LogP contribution in [0, 0.1) is 5.82 Å². The van der Waals surface area contributed by atoms with Gasteiger partial charge in [-0.15, -0.1) is 0 Å². The van der Waals surface area contributed by atoms with E-state index in [4.69, 9.17) is 0 Å². The quantitative estimate of drug-likeness (QED) is 0.737. The summed E-state index contributed by atoms with van der Waals surface area (Å²) in [6.45, 7) is 6.07. The molecule has 3 heteroatoms. The number of imidazole rings is 1. The standard InChI is InChI=1S/C12H15FN2/c1-4-9-5-11-12(6-10(9)13)15(7-14-11)8(2)3/h5-8H,4H2,1-3H3. The van der Waals surface area contributed by atoms with E-state index in [0.29, 0.717) is 12.5 Å². The molecule has 15 heavy (non-hydrogen) atoms. The SMILES string of the molecule is CCc1cc2ncn(C(C)C)c2cc1F. The first-order chi connectivity index (χ1) is 7.13. The molecule has 0 spiro atoms. The number of hydrogen-bond acceptors (Lipinski definition) is 1. The molecule has 0 saturated heterocycles. The van der Waals surface area contributed by atoms with Gasteiger partial charge in [0.2, 0.25) is 0 Å². The minimum Gasteiger partial charge on any atom is -0.328 e. The smallest absolute Gasteiger partial charge is 0.128 e. The summed E-state index contributed by atoms with van der Waals surface area (Å²) in [4.78, 5) is 4.29. The molecule has 2 nitrogen and oxygen atoms in total. The largest absolute Gasteiger partial charge is 0.328 e. The van der Waals surface area contributed by atoms with Crippen LogP contribution in [-0.4, -0.2) is 9.55 Å². The Kier molecular flexibility index (Phi) is 2.47. The number of nitrogens with zero attached hydrogens (tertiary/aromatic N) is 2. The minimum atomic E-state index is -0.132. The predicted molar refractivity (Wildman–Crippen MR) is 59.5 cm³/mol. The van der Waals surface area contributed by atoms with Crippen LogP contribution in [0.5, 0.6) is 0 Å². The fraction of sp³-hybridized carbons (Fsp3) is 0.417. The number of aryl methyl sites for hydroxylation is 1. The van der Waals surface area contributed by atoms with Gasteiger partial charge in [0.05, 0.1) is 17.4 Å². The van der Waals surface area contributed by atoms with Crippen LogP contribution in [0.2, 0.25) is 0 Å². The van der Waals surface area contributed by atoms with Crippen LogP contribution < -0.4 is 0 Å². The molecule has 0 aliphatic heterocycles. The fourth-order valence-corrected chi connectivity index (χ4v) is 1.77. The highest BCUT2D eigenvalue weighted by Gasteiger charge is 2.09. The van der Waals surface area contributed by atoms with Crippen molar-refractivity contribution in [3.05, 3.63) is 29.8 Å². The van der Waals surface area contributed by atoms with Crippen LogP contribution in [0.1, 0.15) is 32.4 Å². The number of hydrogen-bond donors (Lipinski definition) is 0. The summed E-state index contributed by atoms with van der Waals surface area (Å²) in [6, 6.07) is 3.73. The lowest BCUT2D eigenvalue weighted by Gasteiger charge is -2.08. The van der Waals surface area contributed by atoms with Gasteiger partial charge in [0.1, 0.15) is 5.82 Å². The molecule has 0 radical (unpaired) electrons. The summed E-state index contributed by atoms with van der Waals surface area (Å²) in [7, 11) is 0. The number of rotatable bonds is 2. The number of benzene rings is 1. The van der Waals surface area contributed by atoms with Crippen LogP contribution in [-0.2, 0) is 6.42 Å². The van der Waals surface area contributed by atoms with Crippen molar-refractivity contribution in [3.8, 4) is 0 Å². The van der Waals surface area contributed by atoms with Gasteiger partial charge in [-0.2, -0.15) is 0 Å². The summed E-state index contributed by atoms with van der Waals surface area (Å²) >= 11 is 0. The maximum Gasteiger partial charge on any atom is 0.128 e. The highest BCUT2D eigenvalue weighted by molar-refractivity contribution is 5.76. The maximum atomic E-state index is 13.6. The Labute approximate surface area is 88.7 Å². The molecule has 0 unspecified atom stereocenters. The van der Waals surface area contributed by atoms with Gasteiger partial charge >= 0.3 is 0 Å². The number of fused-ring (bicyclic) bond motifs is 1. The van der Waals surface area contributed by atoms with Gasteiger partial charge in [0.25, 0.3) is 0 Å². The third-order valence-electron chi connectivity index (χ3n) is 2.68. The van der Waals surface area contributed by atoms with Gasteiger partial charge in [-0.3, -0.25) is 0 Å². The lowest BCUT2D eigenvalue weighted by Crippen LogP contribution is -1.99. The molecule has 0 aliphatic carbocycles. The molecule has 1 heterocycles. The van der Waals surface area contributed by atoms with E-state index < -0.39 is 0 Å². The molecule has 1 aromatic heterocycles. The highest BCUT2D eigenvalue weighted by Crippen LogP contribution is 2.21. The average Bonchev–Trinajstić information content (AvgIpc) is 2.59. The summed E-state index contributed by atoms with van der Waals surface area (Å²) < 4.78 is 15.6. The van der Waals surface area contributed by atoms with Gasteiger partial charge in [0.15, 0.2) is 0 Å². The summed E-state index contributed by atoms with van der Waals surface area (Å²) in [5, 5.41) is 0. The van der Waals surface area contributed by atoms with Crippen LogP contribution in [0.4, 0.5) is 4.39 Å². The third kappa shape index (κ3) is 1.62. The van der Waals surface area contributed by atoms with Crippen molar-refractivity contribution in [1.82, 2.24) is 9.55 Å². The monoisotopic (exact) mass is 206 g/mol. The molecule has 0 aliphatic rings. The Balaban J connectivity index is 2.68. The molecule has 0 bridgehead atoms. The average molecular weight is 206 g/mol. The highest BCUT2D eigenvalue weighted by atomic mass is 19.1. The normalized spacial score (nSPS) is 11.5. The van der Waals surface area contributed by atoms with Crippen LogP contribution in [0.25, 0.3) is 11.0 Å². The summed E-state index contributed by atoms with van der Waals surface area (Å²) in [5.41, 5.74) is 2.48. The van der Waals surface area contributed by atoms with Crippen LogP contribution in [0.15, 0.2) is 18.5 Å². The Morgan fingerprint density at radius 2 is 2.13 bits per heavy atom. The molecule has 0 amide bonds. The molecule has 2 rings (SSSR count). The van der Waals surface area contributed by atoms with Crippen molar-refractivity contribution in [2.45, 2.75) is 33.2 Å². The molecule has 0 atom stereocenters. The minimum absolute atomic E-state index is 0.132. The van der Waals surface area contributed by atoms with E-state index in [1.54, 1.807) is 12.4 Å². The number of halogens is 1. The first kappa shape index (κ1) is 10.1. The van der Waals surface area contributed by atoms with Crippen molar-refractivity contribution in [2.24, 2.45) is 0 Å². The van der Waals surface area contributed by atoms with E-state index in [9.17, 15) is 4.39 Å². The molecule has 80 valence electrons. The number of aromatic nitrogens is 2. The first-order valence-corrected chi connectivity index (χ1v) is 5.28. The zero-order chi connectivity index (χ0) is 11.0.